The molecule has 3 heterocycles. The van der Waals surface area contributed by atoms with Crippen molar-refractivity contribution in [2.75, 3.05) is 18.4 Å². The molecule has 0 radical (unpaired) electrons. The van der Waals surface area contributed by atoms with E-state index in [2.05, 4.69) is 31.0 Å². The van der Waals surface area contributed by atoms with E-state index >= 15 is 0 Å². The SMILES string of the molecule is Cc1nncn1-c1cccc(NC(=O)c2cn[nH]c2C2CCNC2)c1. The monoisotopic (exact) mass is 337 g/mol. The lowest BCUT2D eigenvalue weighted by Crippen LogP contribution is -2.16. The van der Waals surface area contributed by atoms with Crippen LogP contribution in [0, 0.1) is 6.92 Å². The summed E-state index contributed by atoms with van der Waals surface area (Å²) >= 11 is 0. The molecule has 8 heteroatoms. The highest BCUT2D eigenvalue weighted by Crippen LogP contribution is 2.24. The zero-order chi connectivity index (χ0) is 17.2. The number of nitrogens with zero attached hydrogens (tertiary/aromatic N) is 4. The Bertz CT molecular complexity index is 892. The molecule has 1 unspecified atom stereocenters. The van der Waals surface area contributed by atoms with Gasteiger partial charge >= 0.3 is 0 Å². The fraction of sp³-hybridized carbons (Fsp3) is 0.294. The average Bonchev–Trinajstić information content (AvgIpc) is 3.36. The Balaban J connectivity index is 1.56. The van der Waals surface area contributed by atoms with Gasteiger partial charge in [-0.2, -0.15) is 5.10 Å². The van der Waals surface area contributed by atoms with Gasteiger partial charge in [0, 0.05) is 18.2 Å². The fourth-order valence-corrected chi connectivity index (χ4v) is 3.17. The highest BCUT2D eigenvalue weighted by atomic mass is 16.1. The molecule has 1 fully saturated rings. The standard InChI is InChI=1S/C17H19N7O/c1-11-22-20-10-24(11)14-4-2-3-13(7-14)21-17(25)15-9-19-23-16(15)12-5-6-18-8-12/h2-4,7,9-10,12,18H,5-6,8H2,1H3,(H,19,23)(H,21,25). The van der Waals surface area contributed by atoms with Crippen molar-refractivity contribution in [3.8, 4) is 5.69 Å². The molecule has 128 valence electrons. The third kappa shape index (κ3) is 3.03. The first-order valence-electron chi connectivity index (χ1n) is 8.25. The van der Waals surface area contributed by atoms with Crippen LogP contribution in [0.1, 0.15) is 34.2 Å². The molecule has 4 rings (SSSR count). The number of carbonyl (C=O) groups is 1. The molecular weight excluding hydrogens is 318 g/mol. The van der Waals surface area contributed by atoms with E-state index in [1.807, 2.05) is 35.8 Å². The van der Waals surface area contributed by atoms with Crippen LogP contribution in [0.2, 0.25) is 0 Å². The van der Waals surface area contributed by atoms with E-state index in [4.69, 9.17) is 0 Å². The summed E-state index contributed by atoms with van der Waals surface area (Å²) in [5.74, 6) is 0.928. The van der Waals surface area contributed by atoms with Crippen LogP contribution < -0.4 is 10.6 Å². The molecule has 25 heavy (non-hydrogen) atoms. The molecule has 3 aromatic rings. The summed E-state index contributed by atoms with van der Waals surface area (Å²) in [5.41, 5.74) is 3.10. The molecule has 8 nitrogen and oxygen atoms in total. The molecule has 1 amide bonds. The van der Waals surface area contributed by atoms with Crippen molar-refractivity contribution in [3.63, 3.8) is 0 Å². The summed E-state index contributed by atoms with van der Waals surface area (Å²) in [7, 11) is 0. The van der Waals surface area contributed by atoms with Crippen LogP contribution in [0.5, 0.6) is 0 Å². The van der Waals surface area contributed by atoms with Gasteiger partial charge in [-0.1, -0.05) is 6.07 Å². The maximum Gasteiger partial charge on any atom is 0.259 e. The quantitative estimate of drug-likeness (QED) is 0.672. The normalized spacial score (nSPS) is 16.9. The minimum Gasteiger partial charge on any atom is -0.322 e. The Morgan fingerprint density at radius 1 is 1.40 bits per heavy atom. The predicted molar refractivity (Wildman–Crippen MR) is 92.9 cm³/mol. The minimum absolute atomic E-state index is 0.159. The number of aromatic amines is 1. The first-order valence-corrected chi connectivity index (χ1v) is 8.25. The molecule has 2 aromatic heterocycles. The molecular formula is C17H19N7O. The molecule has 0 spiro atoms. The van der Waals surface area contributed by atoms with Gasteiger partial charge in [-0.25, -0.2) is 0 Å². The van der Waals surface area contributed by atoms with Gasteiger partial charge in [0.2, 0.25) is 0 Å². The Labute approximate surface area is 144 Å². The molecule has 3 N–H and O–H groups in total. The predicted octanol–water partition coefficient (Wildman–Crippen LogP) is 1.63. The Morgan fingerprint density at radius 2 is 2.32 bits per heavy atom. The second kappa shape index (κ2) is 6.48. The van der Waals surface area contributed by atoms with Crippen molar-refractivity contribution >= 4 is 11.6 Å². The summed E-state index contributed by atoms with van der Waals surface area (Å²) in [6.45, 7) is 3.71. The van der Waals surface area contributed by atoms with Crippen molar-refractivity contribution in [2.45, 2.75) is 19.3 Å². The van der Waals surface area contributed by atoms with Crippen LogP contribution in [0.15, 0.2) is 36.8 Å². The highest BCUT2D eigenvalue weighted by molar-refractivity contribution is 6.05. The lowest BCUT2D eigenvalue weighted by atomic mass is 10.0. The Morgan fingerprint density at radius 3 is 3.08 bits per heavy atom. The van der Waals surface area contributed by atoms with Crippen LogP contribution in [0.25, 0.3) is 5.69 Å². The van der Waals surface area contributed by atoms with Crippen molar-refractivity contribution in [1.29, 1.82) is 0 Å². The number of hydrogen-bond donors (Lipinski definition) is 3. The molecule has 1 aromatic carbocycles. The number of carbonyl (C=O) groups excluding carboxylic acids is 1. The van der Waals surface area contributed by atoms with E-state index in [0.29, 0.717) is 17.2 Å². The number of aromatic nitrogens is 5. The van der Waals surface area contributed by atoms with Gasteiger partial charge in [0.1, 0.15) is 12.2 Å². The first-order chi connectivity index (χ1) is 12.2. The van der Waals surface area contributed by atoms with Crippen molar-refractivity contribution < 1.29 is 4.79 Å². The smallest absolute Gasteiger partial charge is 0.259 e. The van der Waals surface area contributed by atoms with Gasteiger partial charge in [-0.05, 0) is 38.1 Å². The largest absolute Gasteiger partial charge is 0.322 e. The van der Waals surface area contributed by atoms with E-state index in [0.717, 1.165) is 36.7 Å². The van der Waals surface area contributed by atoms with Crippen LogP contribution in [0.3, 0.4) is 0 Å². The number of amides is 1. The van der Waals surface area contributed by atoms with Gasteiger partial charge in [0.25, 0.3) is 5.91 Å². The second-order valence-electron chi connectivity index (χ2n) is 6.14. The average molecular weight is 337 g/mol. The summed E-state index contributed by atoms with van der Waals surface area (Å²) in [6.07, 6.45) is 4.25. The third-order valence-corrected chi connectivity index (χ3v) is 4.48. The van der Waals surface area contributed by atoms with E-state index in [1.165, 1.54) is 0 Å². The van der Waals surface area contributed by atoms with Crippen molar-refractivity contribution in [3.05, 3.63) is 53.9 Å². The molecule has 0 saturated carbocycles. The molecule has 0 aliphatic carbocycles. The molecule has 1 atom stereocenters. The van der Waals surface area contributed by atoms with Crippen molar-refractivity contribution in [2.24, 2.45) is 0 Å². The zero-order valence-electron chi connectivity index (χ0n) is 13.9. The number of rotatable bonds is 4. The van der Waals surface area contributed by atoms with Gasteiger partial charge in [0.15, 0.2) is 0 Å². The van der Waals surface area contributed by atoms with Gasteiger partial charge in [0.05, 0.1) is 23.1 Å². The number of hydrogen-bond acceptors (Lipinski definition) is 5. The fourth-order valence-electron chi connectivity index (χ4n) is 3.17. The summed E-state index contributed by atoms with van der Waals surface area (Å²) in [5, 5.41) is 21.2. The van der Waals surface area contributed by atoms with Gasteiger partial charge in [-0.3, -0.25) is 14.5 Å². The minimum atomic E-state index is -0.159. The number of anilines is 1. The zero-order valence-corrected chi connectivity index (χ0v) is 13.9. The number of nitrogens with one attached hydrogen (secondary N) is 3. The molecule has 0 bridgehead atoms. The highest BCUT2D eigenvalue weighted by Gasteiger charge is 2.24. The van der Waals surface area contributed by atoms with Crippen LogP contribution in [-0.2, 0) is 0 Å². The summed E-state index contributed by atoms with van der Waals surface area (Å²) < 4.78 is 1.86. The number of benzene rings is 1. The van der Waals surface area contributed by atoms with E-state index in [9.17, 15) is 4.79 Å². The Hall–Kier alpha value is -3.00. The second-order valence-corrected chi connectivity index (χ2v) is 6.14. The van der Waals surface area contributed by atoms with Gasteiger partial charge in [-0.15, -0.1) is 10.2 Å². The molecule has 1 saturated heterocycles. The van der Waals surface area contributed by atoms with Crippen LogP contribution in [-0.4, -0.2) is 44.0 Å². The topological polar surface area (TPSA) is 101 Å². The van der Waals surface area contributed by atoms with E-state index in [-0.39, 0.29) is 5.91 Å². The number of aryl methyl sites for hydroxylation is 1. The maximum absolute atomic E-state index is 12.7. The van der Waals surface area contributed by atoms with Crippen LogP contribution >= 0.6 is 0 Å². The van der Waals surface area contributed by atoms with Crippen molar-refractivity contribution in [1.82, 2.24) is 30.3 Å². The Kier molecular flexibility index (Phi) is 4.02. The third-order valence-electron chi connectivity index (χ3n) is 4.48. The van der Waals surface area contributed by atoms with E-state index < -0.39 is 0 Å². The molecule has 1 aliphatic heterocycles. The summed E-state index contributed by atoms with van der Waals surface area (Å²) in [4.78, 5) is 12.7. The first kappa shape index (κ1) is 15.5. The van der Waals surface area contributed by atoms with Crippen LogP contribution in [0.4, 0.5) is 5.69 Å². The lowest BCUT2D eigenvalue weighted by molar-refractivity contribution is 0.102. The van der Waals surface area contributed by atoms with E-state index in [1.54, 1.807) is 12.5 Å². The maximum atomic E-state index is 12.7. The molecule has 1 aliphatic rings. The summed E-state index contributed by atoms with van der Waals surface area (Å²) in [6, 6.07) is 7.59. The number of H-pyrrole nitrogens is 1. The van der Waals surface area contributed by atoms with Gasteiger partial charge < -0.3 is 10.6 Å². The lowest BCUT2D eigenvalue weighted by Gasteiger charge is -2.11.